The average Bonchev–Trinajstić information content (AvgIpc) is 3.25. The third kappa shape index (κ3) is 2.32. The van der Waals surface area contributed by atoms with Gasteiger partial charge in [-0.1, -0.05) is 12.1 Å². The van der Waals surface area contributed by atoms with Gasteiger partial charge in [0.2, 0.25) is 5.16 Å². The third-order valence-electron chi connectivity index (χ3n) is 4.61. The standard InChI is InChI=1S/C17H17FN4O2S/c1-21-9-8-20-17(21)25(23,24)22-10-13-11(6-7-15(13)19)16(22)12-4-2-3-5-14(12)18/h2-5,8-10,15H,6-7,19H2,1H3. The van der Waals surface area contributed by atoms with E-state index < -0.39 is 15.8 Å². The maximum Gasteiger partial charge on any atom is 0.302 e. The number of aryl methyl sites for hydroxylation is 1. The van der Waals surface area contributed by atoms with E-state index in [1.54, 1.807) is 31.4 Å². The molecule has 0 amide bonds. The highest BCUT2D eigenvalue weighted by molar-refractivity contribution is 7.89. The van der Waals surface area contributed by atoms with Crippen LogP contribution in [0.25, 0.3) is 11.3 Å². The van der Waals surface area contributed by atoms with E-state index in [0.717, 1.165) is 21.5 Å². The van der Waals surface area contributed by atoms with Gasteiger partial charge in [-0.2, -0.15) is 8.42 Å². The first-order valence-corrected chi connectivity index (χ1v) is 9.32. The van der Waals surface area contributed by atoms with E-state index in [1.165, 1.54) is 23.0 Å². The molecular formula is C17H17FN4O2S. The van der Waals surface area contributed by atoms with Crippen molar-refractivity contribution in [3.63, 3.8) is 0 Å². The summed E-state index contributed by atoms with van der Waals surface area (Å²) in [4.78, 5) is 3.95. The monoisotopic (exact) mass is 360 g/mol. The Bertz CT molecular complexity index is 1070. The van der Waals surface area contributed by atoms with Crippen molar-refractivity contribution in [2.75, 3.05) is 0 Å². The lowest BCUT2D eigenvalue weighted by atomic mass is 10.1. The van der Waals surface area contributed by atoms with Gasteiger partial charge in [0.15, 0.2) is 0 Å². The Morgan fingerprint density at radius 1 is 1.32 bits per heavy atom. The van der Waals surface area contributed by atoms with Crippen molar-refractivity contribution in [3.05, 3.63) is 59.8 Å². The fourth-order valence-corrected chi connectivity index (χ4v) is 4.88. The Morgan fingerprint density at radius 2 is 2.08 bits per heavy atom. The zero-order chi connectivity index (χ0) is 17.8. The number of imidazole rings is 1. The highest BCUT2D eigenvalue weighted by Gasteiger charge is 2.33. The molecule has 2 aromatic heterocycles. The van der Waals surface area contributed by atoms with Crippen molar-refractivity contribution in [2.45, 2.75) is 24.0 Å². The molecule has 0 spiro atoms. The molecule has 1 aromatic carbocycles. The van der Waals surface area contributed by atoms with E-state index in [-0.39, 0.29) is 16.8 Å². The van der Waals surface area contributed by atoms with Crippen LogP contribution in [0.15, 0.2) is 48.0 Å². The van der Waals surface area contributed by atoms with Gasteiger partial charge in [-0.25, -0.2) is 13.3 Å². The fraction of sp³-hybridized carbons (Fsp3) is 0.235. The summed E-state index contributed by atoms with van der Waals surface area (Å²) in [7, 11) is -2.37. The molecule has 0 fully saturated rings. The van der Waals surface area contributed by atoms with Crippen LogP contribution < -0.4 is 5.73 Å². The van der Waals surface area contributed by atoms with E-state index in [9.17, 15) is 12.8 Å². The van der Waals surface area contributed by atoms with Crippen LogP contribution in [-0.2, 0) is 23.5 Å². The van der Waals surface area contributed by atoms with Gasteiger partial charge in [0.1, 0.15) is 5.82 Å². The molecule has 0 bridgehead atoms. The van der Waals surface area contributed by atoms with Gasteiger partial charge in [0.25, 0.3) is 0 Å². The summed E-state index contributed by atoms with van der Waals surface area (Å²) in [6.07, 6.45) is 5.81. The minimum atomic E-state index is -3.98. The number of fused-ring (bicyclic) bond motifs is 1. The van der Waals surface area contributed by atoms with Crippen molar-refractivity contribution in [2.24, 2.45) is 12.8 Å². The second-order valence-corrected chi connectivity index (χ2v) is 7.87. The lowest BCUT2D eigenvalue weighted by Crippen LogP contribution is -2.18. The Morgan fingerprint density at radius 3 is 2.76 bits per heavy atom. The molecule has 1 aliphatic rings. The van der Waals surface area contributed by atoms with E-state index in [0.29, 0.717) is 12.1 Å². The summed E-state index contributed by atoms with van der Waals surface area (Å²) in [5.41, 5.74) is 8.23. The van der Waals surface area contributed by atoms with Crippen LogP contribution in [0.5, 0.6) is 0 Å². The average molecular weight is 360 g/mol. The zero-order valence-electron chi connectivity index (χ0n) is 13.6. The number of aromatic nitrogens is 3. The molecule has 0 radical (unpaired) electrons. The first-order chi connectivity index (χ1) is 11.9. The van der Waals surface area contributed by atoms with Crippen LogP contribution >= 0.6 is 0 Å². The Hall–Kier alpha value is -2.45. The summed E-state index contributed by atoms with van der Waals surface area (Å²) >= 11 is 0. The van der Waals surface area contributed by atoms with Crippen molar-refractivity contribution < 1.29 is 12.8 Å². The SMILES string of the molecule is Cn1ccnc1S(=O)(=O)n1cc2c(c1-c1ccccc1F)CCC2N. The lowest BCUT2D eigenvalue weighted by molar-refractivity contribution is 0.569. The van der Waals surface area contributed by atoms with Gasteiger partial charge in [0, 0.05) is 37.2 Å². The summed E-state index contributed by atoms with van der Waals surface area (Å²) in [5, 5.41) is -0.104. The largest absolute Gasteiger partial charge is 0.324 e. The van der Waals surface area contributed by atoms with Gasteiger partial charge < -0.3 is 10.3 Å². The van der Waals surface area contributed by atoms with Gasteiger partial charge in [-0.15, -0.1) is 0 Å². The van der Waals surface area contributed by atoms with Crippen molar-refractivity contribution in [1.29, 1.82) is 0 Å². The zero-order valence-corrected chi connectivity index (χ0v) is 14.4. The maximum atomic E-state index is 14.4. The van der Waals surface area contributed by atoms with Crippen LogP contribution in [0.3, 0.4) is 0 Å². The van der Waals surface area contributed by atoms with Gasteiger partial charge in [-0.05, 0) is 36.1 Å². The first kappa shape index (κ1) is 16.0. The molecule has 130 valence electrons. The highest BCUT2D eigenvalue weighted by atomic mass is 32.2. The minimum Gasteiger partial charge on any atom is -0.324 e. The molecular weight excluding hydrogens is 343 g/mol. The Balaban J connectivity index is 2.03. The summed E-state index contributed by atoms with van der Waals surface area (Å²) in [6, 6.07) is 5.91. The molecule has 8 heteroatoms. The molecule has 1 unspecified atom stereocenters. The molecule has 3 aromatic rings. The molecule has 25 heavy (non-hydrogen) atoms. The molecule has 2 N–H and O–H groups in total. The number of halogens is 1. The van der Waals surface area contributed by atoms with Gasteiger partial charge in [-0.3, -0.25) is 0 Å². The summed E-state index contributed by atoms with van der Waals surface area (Å²) in [5.74, 6) is -0.472. The second kappa shape index (κ2) is 5.53. The van der Waals surface area contributed by atoms with Crippen LogP contribution in [0.2, 0.25) is 0 Å². The molecule has 1 aliphatic carbocycles. The molecule has 0 saturated heterocycles. The highest BCUT2D eigenvalue weighted by Crippen LogP contribution is 2.40. The van der Waals surface area contributed by atoms with E-state index in [2.05, 4.69) is 4.98 Å². The lowest BCUT2D eigenvalue weighted by Gasteiger charge is -2.13. The third-order valence-corrected chi connectivity index (χ3v) is 6.27. The minimum absolute atomic E-state index is 0.104. The molecule has 1 atom stereocenters. The number of benzene rings is 1. The number of nitrogens with zero attached hydrogens (tertiary/aromatic N) is 3. The van der Waals surface area contributed by atoms with Gasteiger partial charge in [0.05, 0.1) is 5.69 Å². The Labute approximate surface area is 144 Å². The maximum absolute atomic E-state index is 14.4. The molecule has 0 aliphatic heterocycles. The normalized spacial score (nSPS) is 17.0. The topological polar surface area (TPSA) is 82.9 Å². The predicted octanol–water partition coefficient (Wildman–Crippen LogP) is 2.21. The molecule has 6 nitrogen and oxygen atoms in total. The van der Waals surface area contributed by atoms with Crippen molar-refractivity contribution >= 4 is 10.0 Å². The number of rotatable bonds is 3. The smallest absolute Gasteiger partial charge is 0.302 e. The van der Waals surface area contributed by atoms with E-state index in [4.69, 9.17) is 5.73 Å². The van der Waals surface area contributed by atoms with Crippen LogP contribution in [-0.4, -0.2) is 21.9 Å². The molecule has 2 heterocycles. The molecule has 4 rings (SSSR count). The summed E-state index contributed by atoms with van der Waals surface area (Å²) < 4.78 is 43.3. The number of hydrogen-bond donors (Lipinski definition) is 1. The molecule has 0 saturated carbocycles. The van der Waals surface area contributed by atoms with Gasteiger partial charge >= 0.3 is 10.0 Å². The van der Waals surface area contributed by atoms with Crippen molar-refractivity contribution in [3.8, 4) is 11.3 Å². The Kier molecular flexibility index (Phi) is 3.55. The first-order valence-electron chi connectivity index (χ1n) is 7.88. The van der Waals surface area contributed by atoms with E-state index >= 15 is 0 Å². The van der Waals surface area contributed by atoms with Crippen molar-refractivity contribution in [1.82, 2.24) is 13.5 Å². The quantitative estimate of drug-likeness (QED) is 0.776. The fourth-order valence-electron chi connectivity index (χ4n) is 3.39. The second-order valence-electron chi connectivity index (χ2n) is 6.16. The number of hydrogen-bond acceptors (Lipinski definition) is 4. The van der Waals surface area contributed by atoms with Crippen LogP contribution in [0.4, 0.5) is 4.39 Å². The number of nitrogens with two attached hydrogens (primary N) is 1. The van der Waals surface area contributed by atoms with Crippen LogP contribution in [0.1, 0.15) is 23.6 Å². The van der Waals surface area contributed by atoms with E-state index in [1.807, 2.05) is 0 Å². The predicted molar refractivity (Wildman–Crippen MR) is 90.9 cm³/mol. The summed E-state index contributed by atoms with van der Waals surface area (Å²) in [6.45, 7) is 0. The van der Waals surface area contributed by atoms with Crippen LogP contribution in [0, 0.1) is 5.82 Å².